The average Bonchev–Trinajstić information content (AvgIpc) is 3.06. The van der Waals surface area contributed by atoms with Crippen LogP contribution >= 0.6 is 23.2 Å². The number of sulfonamides is 2. The molecule has 9 nitrogen and oxygen atoms in total. The number of nitrogens with zero attached hydrogens (tertiary/aromatic N) is 1. The molecule has 1 aliphatic rings. The van der Waals surface area contributed by atoms with E-state index in [1.54, 1.807) is 12.1 Å². The van der Waals surface area contributed by atoms with Gasteiger partial charge in [-0.05, 0) is 36.4 Å². The Hall–Kier alpha value is -2.83. The lowest BCUT2D eigenvalue weighted by atomic mass is 9.85. The molecule has 0 bridgehead atoms. The van der Waals surface area contributed by atoms with Crippen molar-refractivity contribution in [3.05, 3.63) is 81.8 Å². The zero-order chi connectivity index (χ0) is 26.5. The van der Waals surface area contributed by atoms with E-state index in [0.29, 0.717) is 10.1 Å². The minimum atomic E-state index is -4.65. The molecule has 3 aromatic rings. The first-order valence-electron chi connectivity index (χ1n) is 10.2. The van der Waals surface area contributed by atoms with E-state index in [1.807, 2.05) is 0 Å². The van der Waals surface area contributed by atoms with Crippen molar-refractivity contribution in [3.8, 4) is 11.5 Å². The molecule has 1 amide bonds. The summed E-state index contributed by atoms with van der Waals surface area (Å²) >= 11 is 12.7. The molecule has 0 aromatic heterocycles. The lowest BCUT2D eigenvalue weighted by molar-refractivity contribution is -0.121. The van der Waals surface area contributed by atoms with E-state index < -0.39 is 31.5 Å². The summed E-state index contributed by atoms with van der Waals surface area (Å²) in [5.41, 5.74) is -2.29. The molecule has 190 valence electrons. The highest BCUT2D eigenvalue weighted by Crippen LogP contribution is 2.50. The van der Waals surface area contributed by atoms with E-state index in [9.17, 15) is 21.6 Å². The van der Waals surface area contributed by atoms with Crippen LogP contribution in [0.25, 0.3) is 0 Å². The van der Waals surface area contributed by atoms with Gasteiger partial charge in [-0.15, -0.1) is 0 Å². The topological polar surface area (TPSA) is 119 Å². The highest BCUT2D eigenvalue weighted by atomic mass is 35.5. The predicted octanol–water partition coefficient (Wildman–Crippen LogP) is 3.54. The number of hydrogen-bond acceptors (Lipinski definition) is 7. The van der Waals surface area contributed by atoms with E-state index >= 15 is 0 Å². The van der Waals surface area contributed by atoms with Crippen LogP contribution in [0.3, 0.4) is 0 Å². The van der Waals surface area contributed by atoms with Gasteiger partial charge >= 0.3 is 0 Å². The van der Waals surface area contributed by atoms with Gasteiger partial charge < -0.3 is 9.47 Å². The Labute approximate surface area is 218 Å². The molecule has 0 radical (unpaired) electrons. The van der Waals surface area contributed by atoms with Crippen LogP contribution in [0.5, 0.6) is 11.5 Å². The van der Waals surface area contributed by atoms with Crippen molar-refractivity contribution in [2.75, 3.05) is 24.8 Å². The third-order valence-corrected chi connectivity index (χ3v) is 8.57. The lowest BCUT2D eigenvalue weighted by Crippen LogP contribution is -2.54. The first-order chi connectivity index (χ1) is 16.9. The molecule has 3 aromatic carbocycles. The molecule has 0 saturated heterocycles. The summed E-state index contributed by atoms with van der Waals surface area (Å²) in [6.07, 6.45) is 0.854. The summed E-state index contributed by atoms with van der Waals surface area (Å²) in [7, 11) is -6.08. The van der Waals surface area contributed by atoms with Gasteiger partial charge in [0.2, 0.25) is 10.0 Å². The smallest absolute Gasteiger partial charge is 0.274 e. The zero-order valence-electron chi connectivity index (χ0n) is 19.2. The highest BCUT2D eigenvalue weighted by molar-refractivity contribution is 7.93. The van der Waals surface area contributed by atoms with Crippen molar-refractivity contribution >= 4 is 54.8 Å². The van der Waals surface area contributed by atoms with E-state index in [0.717, 1.165) is 6.26 Å². The van der Waals surface area contributed by atoms with Crippen molar-refractivity contribution in [3.63, 3.8) is 0 Å². The number of carbonyl (C=O) groups is 1. The quantitative estimate of drug-likeness (QED) is 0.461. The molecule has 1 N–H and O–H groups in total. The Balaban J connectivity index is 2.07. The van der Waals surface area contributed by atoms with Gasteiger partial charge in [-0.1, -0.05) is 41.4 Å². The molecule has 4 rings (SSSR count). The molecule has 0 spiro atoms. The van der Waals surface area contributed by atoms with Gasteiger partial charge in [0.25, 0.3) is 15.9 Å². The Kier molecular flexibility index (Phi) is 6.73. The number of carbonyl (C=O) groups excluding carboxylic acids is 1. The van der Waals surface area contributed by atoms with Crippen molar-refractivity contribution in [1.82, 2.24) is 4.72 Å². The summed E-state index contributed by atoms with van der Waals surface area (Å²) in [5.74, 6) is -0.866. The number of benzene rings is 3. The van der Waals surface area contributed by atoms with Crippen LogP contribution in [0, 0.1) is 0 Å². The summed E-state index contributed by atoms with van der Waals surface area (Å²) in [5, 5.41) is 0.184. The maximum absolute atomic E-state index is 14.2. The highest BCUT2D eigenvalue weighted by Gasteiger charge is 2.58. The van der Waals surface area contributed by atoms with Crippen molar-refractivity contribution in [1.29, 1.82) is 0 Å². The minimum absolute atomic E-state index is 0.00502. The number of hydrogen-bond donors (Lipinski definition) is 1. The Morgan fingerprint density at radius 1 is 0.889 bits per heavy atom. The maximum Gasteiger partial charge on any atom is 0.274 e. The molecular formula is C23H20Cl2N2O7S2. The van der Waals surface area contributed by atoms with Crippen molar-refractivity contribution < 1.29 is 31.1 Å². The number of nitrogens with one attached hydrogen (secondary N) is 1. The molecule has 1 heterocycles. The number of methoxy groups -OCH3 is 2. The zero-order valence-corrected chi connectivity index (χ0v) is 22.3. The van der Waals surface area contributed by atoms with Crippen LogP contribution in [0.15, 0.2) is 65.6 Å². The summed E-state index contributed by atoms with van der Waals surface area (Å²) in [4.78, 5) is 13.9. The SMILES string of the molecule is COc1ccc(S(=O)(=O)N2C(=O)C(NS(C)(=O)=O)(c3ccccc3Cl)c3cc(Cl)ccc32)c(OC)c1. The monoisotopic (exact) mass is 570 g/mol. The van der Waals surface area contributed by atoms with E-state index in [4.69, 9.17) is 32.7 Å². The normalized spacial score (nSPS) is 17.7. The van der Waals surface area contributed by atoms with E-state index in [1.165, 1.54) is 62.8 Å². The second kappa shape index (κ2) is 9.24. The van der Waals surface area contributed by atoms with Crippen LogP contribution in [-0.2, 0) is 30.4 Å². The first-order valence-corrected chi connectivity index (χ1v) is 14.3. The number of ether oxygens (including phenoxy) is 2. The molecule has 13 heteroatoms. The standard InChI is InChI=1S/C23H20Cl2N2O7S2/c1-33-15-9-11-21(20(13-15)34-2)36(31,32)27-19-10-8-14(24)12-17(19)23(22(27)28,26-35(3,29)30)16-6-4-5-7-18(16)25/h4-13,26H,1-3H3. The predicted molar refractivity (Wildman–Crippen MR) is 136 cm³/mol. The number of rotatable bonds is 7. The second-order valence-corrected chi connectivity index (χ2v) is 12.2. The van der Waals surface area contributed by atoms with Crippen LogP contribution < -0.4 is 18.5 Å². The van der Waals surface area contributed by atoms with Crippen LogP contribution in [-0.4, -0.2) is 43.2 Å². The van der Waals surface area contributed by atoms with Gasteiger partial charge in [-0.2, -0.15) is 4.72 Å². The van der Waals surface area contributed by atoms with Gasteiger partial charge in [0.1, 0.15) is 16.4 Å². The minimum Gasteiger partial charge on any atom is -0.497 e. The largest absolute Gasteiger partial charge is 0.497 e. The number of amides is 1. The molecule has 36 heavy (non-hydrogen) atoms. The molecule has 1 unspecified atom stereocenters. The Morgan fingerprint density at radius 2 is 1.58 bits per heavy atom. The van der Waals surface area contributed by atoms with Gasteiger partial charge in [0.05, 0.1) is 26.2 Å². The number of anilines is 1. The van der Waals surface area contributed by atoms with Crippen LogP contribution in [0.2, 0.25) is 10.0 Å². The fraction of sp³-hybridized carbons (Fsp3) is 0.174. The fourth-order valence-electron chi connectivity index (χ4n) is 4.14. The molecular weight excluding hydrogens is 551 g/mol. The third kappa shape index (κ3) is 4.20. The van der Waals surface area contributed by atoms with Gasteiger partial charge in [-0.3, -0.25) is 4.79 Å². The molecule has 1 aliphatic heterocycles. The second-order valence-electron chi connectivity index (χ2n) is 7.86. The van der Waals surface area contributed by atoms with Crippen LogP contribution in [0.1, 0.15) is 11.1 Å². The Bertz CT molecular complexity index is 1590. The van der Waals surface area contributed by atoms with Gasteiger partial charge in [0.15, 0.2) is 5.54 Å². The van der Waals surface area contributed by atoms with Crippen molar-refractivity contribution in [2.45, 2.75) is 10.4 Å². The molecule has 0 fully saturated rings. The maximum atomic E-state index is 14.2. The average molecular weight is 571 g/mol. The molecule has 0 aliphatic carbocycles. The number of halogens is 2. The first kappa shape index (κ1) is 26.2. The van der Waals surface area contributed by atoms with E-state index in [2.05, 4.69) is 4.72 Å². The summed E-state index contributed by atoms with van der Waals surface area (Å²) in [6, 6.07) is 14.1. The van der Waals surface area contributed by atoms with Gasteiger partial charge in [0, 0.05) is 27.2 Å². The number of fused-ring (bicyclic) bond motifs is 1. The summed E-state index contributed by atoms with van der Waals surface area (Å²) < 4.78 is 66.4. The fourth-order valence-corrected chi connectivity index (χ4v) is 7.06. The molecule has 0 saturated carbocycles. The van der Waals surface area contributed by atoms with Gasteiger partial charge in [-0.25, -0.2) is 21.1 Å². The van der Waals surface area contributed by atoms with Crippen molar-refractivity contribution in [2.24, 2.45) is 0 Å². The van der Waals surface area contributed by atoms with Crippen LogP contribution in [0.4, 0.5) is 5.69 Å². The Morgan fingerprint density at radius 3 is 2.19 bits per heavy atom. The summed E-state index contributed by atoms with van der Waals surface area (Å²) in [6.45, 7) is 0. The molecule has 1 atom stereocenters. The third-order valence-electron chi connectivity index (χ3n) is 5.59. The lowest BCUT2D eigenvalue weighted by Gasteiger charge is -2.30. The van der Waals surface area contributed by atoms with E-state index in [-0.39, 0.29) is 37.5 Å².